The number of hydrogen-bond donors (Lipinski definition) is 1. The second-order valence-corrected chi connectivity index (χ2v) is 5.04. The van der Waals surface area contributed by atoms with E-state index < -0.39 is 22.3 Å². The van der Waals surface area contributed by atoms with Gasteiger partial charge in [0.1, 0.15) is 0 Å². The molecule has 0 aromatic heterocycles. The number of carbonyl (C=O) groups excluding carboxylic acids is 1. The average molecular weight is 283 g/mol. The van der Waals surface area contributed by atoms with Gasteiger partial charge in [0.15, 0.2) is 0 Å². The predicted octanol–water partition coefficient (Wildman–Crippen LogP) is 1.68. The van der Waals surface area contributed by atoms with Gasteiger partial charge in [-0.1, -0.05) is 26.0 Å². The normalized spacial score (nSPS) is 11.1. The Balaban J connectivity index is 2.95. The molecular formula is C13H18FN3O3. The van der Waals surface area contributed by atoms with Crippen molar-refractivity contribution in [3.8, 4) is 0 Å². The zero-order valence-corrected chi connectivity index (χ0v) is 11.5. The number of carbonyl (C=O) groups is 1. The van der Waals surface area contributed by atoms with Gasteiger partial charge in [-0.05, 0) is 5.92 Å². The van der Waals surface area contributed by atoms with Gasteiger partial charge < -0.3 is 5.73 Å². The van der Waals surface area contributed by atoms with Gasteiger partial charge in [0, 0.05) is 24.7 Å². The van der Waals surface area contributed by atoms with Crippen molar-refractivity contribution in [2.45, 2.75) is 20.4 Å². The van der Waals surface area contributed by atoms with Crippen molar-refractivity contribution in [1.29, 1.82) is 0 Å². The van der Waals surface area contributed by atoms with Gasteiger partial charge in [-0.2, -0.15) is 4.39 Å². The molecule has 0 aliphatic carbocycles. The fourth-order valence-corrected chi connectivity index (χ4v) is 1.99. The summed E-state index contributed by atoms with van der Waals surface area (Å²) in [5, 5.41) is 10.7. The molecule has 1 aromatic rings. The number of rotatable bonds is 7. The smallest absolute Gasteiger partial charge is 0.305 e. The minimum absolute atomic E-state index is 0.0136. The van der Waals surface area contributed by atoms with Gasteiger partial charge in [-0.3, -0.25) is 19.8 Å². The Morgan fingerprint density at radius 1 is 1.50 bits per heavy atom. The van der Waals surface area contributed by atoms with Gasteiger partial charge in [-0.15, -0.1) is 0 Å². The molecule has 2 N–H and O–H groups in total. The Morgan fingerprint density at radius 3 is 2.65 bits per heavy atom. The fraction of sp³-hybridized carbons (Fsp3) is 0.462. The van der Waals surface area contributed by atoms with Crippen LogP contribution in [0.1, 0.15) is 19.4 Å². The molecule has 0 fully saturated rings. The Kier molecular flexibility index (Phi) is 5.57. The molecule has 0 saturated heterocycles. The summed E-state index contributed by atoms with van der Waals surface area (Å²) in [6, 6.07) is 4.00. The van der Waals surface area contributed by atoms with E-state index in [0.29, 0.717) is 6.54 Å². The van der Waals surface area contributed by atoms with E-state index in [4.69, 9.17) is 5.73 Å². The van der Waals surface area contributed by atoms with Crippen LogP contribution in [0.2, 0.25) is 0 Å². The minimum atomic E-state index is -0.865. The first kappa shape index (κ1) is 16.0. The lowest BCUT2D eigenvalue weighted by atomic mass is 10.1. The molecule has 1 aromatic carbocycles. The standard InChI is InChI=1S/C13H18FN3O3/c1-9(2)6-16(8-12(15)18)7-10-4-3-5-11(13(10)14)17(19)20/h3-5,9H,6-8H2,1-2H3,(H2,15,18). The molecule has 20 heavy (non-hydrogen) atoms. The predicted molar refractivity (Wildman–Crippen MR) is 72.4 cm³/mol. The number of nitrogens with two attached hydrogens (primary N) is 1. The molecule has 0 atom stereocenters. The number of nitro benzene ring substituents is 1. The summed E-state index contributed by atoms with van der Waals surface area (Å²) in [5.74, 6) is -1.12. The maximum Gasteiger partial charge on any atom is 0.305 e. The first-order valence-electron chi connectivity index (χ1n) is 6.23. The monoisotopic (exact) mass is 283 g/mol. The highest BCUT2D eigenvalue weighted by molar-refractivity contribution is 5.75. The third-order valence-electron chi connectivity index (χ3n) is 2.65. The van der Waals surface area contributed by atoms with Crippen molar-refractivity contribution >= 4 is 11.6 Å². The SMILES string of the molecule is CC(C)CN(CC(N)=O)Cc1cccc([N+](=O)[O-])c1F. The molecular weight excluding hydrogens is 265 g/mol. The number of benzene rings is 1. The van der Waals surface area contributed by atoms with Crippen LogP contribution in [0.25, 0.3) is 0 Å². The zero-order valence-electron chi connectivity index (χ0n) is 11.5. The second kappa shape index (κ2) is 6.95. The molecule has 0 heterocycles. The summed E-state index contributed by atoms with van der Waals surface area (Å²) < 4.78 is 14.0. The van der Waals surface area contributed by atoms with Crippen molar-refractivity contribution in [3.05, 3.63) is 39.7 Å². The molecule has 0 spiro atoms. The number of hydrogen-bond acceptors (Lipinski definition) is 4. The van der Waals surface area contributed by atoms with Crippen molar-refractivity contribution in [2.75, 3.05) is 13.1 Å². The topological polar surface area (TPSA) is 89.5 Å². The van der Waals surface area contributed by atoms with Crippen molar-refractivity contribution in [1.82, 2.24) is 4.90 Å². The third kappa shape index (κ3) is 4.58. The van der Waals surface area contributed by atoms with Crippen LogP contribution in [0.3, 0.4) is 0 Å². The van der Waals surface area contributed by atoms with E-state index in [0.717, 1.165) is 6.07 Å². The highest BCUT2D eigenvalue weighted by Gasteiger charge is 2.20. The average Bonchev–Trinajstić information content (AvgIpc) is 2.29. The Labute approximate surface area is 116 Å². The van der Waals surface area contributed by atoms with E-state index >= 15 is 0 Å². The molecule has 110 valence electrons. The largest absolute Gasteiger partial charge is 0.369 e. The van der Waals surface area contributed by atoms with Crippen molar-refractivity contribution in [3.63, 3.8) is 0 Å². The number of primary amides is 1. The van der Waals surface area contributed by atoms with Crippen molar-refractivity contribution in [2.24, 2.45) is 11.7 Å². The van der Waals surface area contributed by atoms with E-state index in [1.165, 1.54) is 12.1 Å². The highest BCUT2D eigenvalue weighted by Crippen LogP contribution is 2.21. The molecule has 7 heteroatoms. The molecule has 0 aliphatic rings. The van der Waals surface area contributed by atoms with Gasteiger partial charge in [0.05, 0.1) is 11.5 Å². The number of amides is 1. The van der Waals surface area contributed by atoms with Gasteiger partial charge in [0.2, 0.25) is 11.7 Å². The van der Waals surface area contributed by atoms with E-state index in [-0.39, 0.29) is 24.6 Å². The van der Waals surface area contributed by atoms with E-state index in [1.807, 2.05) is 13.8 Å². The summed E-state index contributed by atoms with van der Waals surface area (Å²) in [6.07, 6.45) is 0. The molecule has 0 unspecified atom stereocenters. The summed E-state index contributed by atoms with van der Waals surface area (Å²) >= 11 is 0. The number of nitro groups is 1. The lowest BCUT2D eigenvalue weighted by Crippen LogP contribution is -2.36. The molecule has 1 rings (SSSR count). The van der Waals surface area contributed by atoms with E-state index in [1.54, 1.807) is 4.90 Å². The lowest BCUT2D eigenvalue weighted by molar-refractivity contribution is -0.387. The zero-order chi connectivity index (χ0) is 15.3. The van der Waals surface area contributed by atoms with E-state index in [9.17, 15) is 19.3 Å². The van der Waals surface area contributed by atoms with E-state index in [2.05, 4.69) is 0 Å². The quantitative estimate of drug-likeness (QED) is 0.609. The summed E-state index contributed by atoms with van der Waals surface area (Å²) in [6.45, 7) is 4.55. The fourth-order valence-electron chi connectivity index (χ4n) is 1.99. The Hall–Kier alpha value is -2.02. The molecule has 0 bridgehead atoms. The van der Waals surface area contributed by atoms with Crippen LogP contribution in [-0.2, 0) is 11.3 Å². The molecule has 1 amide bonds. The van der Waals surface area contributed by atoms with Crippen LogP contribution < -0.4 is 5.73 Å². The van der Waals surface area contributed by atoms with Crippen molar-refractivity contribution < 1.29 is 14.1 Å². The number of nitrogens with zero attached hydrogens (tertiary/aromatic N) is 2. The molecule has 0 aliphatic heterocycles. The van der Waals surface area contributed by atoms with Crippen LogP contribution in [0.4, 0.5) is 10.1 Å². The summed E-state index contributed by atoms with van der Waals surface area (Å²) in [5.41, 5.74) is 4.77. The van der Waals surface area contributed by atoms with Crippen LogP contribution in [0, 0.1) is 21.8 Å². The highest BCUT2D eigenvalue weighted by atomic mass is 19.1. The molecule has 0 radical (unpaired) electrons. The minimum Gasteiger partial charge on any atom is -0.369 e. The maximum absolute atomic E-state index is 14.0. The molecule has 6 nitrogen and oxygen atoms in total. The van der Waals surface area contributed by atoms with Gasteiger partial charge in [-0.25, -0.2) is 0 Å². The third-order valence-corrected chi connectivity index (χ3v) is 2.65. The van der Waals surface area contributed by atoms with Crippen LogP contribution in [0.5, 0.6) is 0 Å². The van der Waals surface area contributed by atoms with Crippen LogP contribution in [-0.4, -0.2) is 28.8 Å². The first-order valence-corrected chi connectivity index (χ1v) is 6.23. The van der Waals surface area contributed by atoms with Gasteiger partial charge in [0.25, 0.3) is 0 Å². The maximum atomic E-state index is 14.0. The Bertz CT molecular complexity index is 506. The molecule has 0 saturated carbocycles. The second-order valence-electron chi connectivity index (χ2n) is 5.04. The number of halogens is 1. The van der Waals surface area contributed by atoms with Crippen LogP contribution in [0.15, 0.2) is 18.2 Å². The summed E-state index contributed by atoms with van der Waals surface area (Å²) in [7, 11) is 0. The Morgan fingerprint density at radius 2 is 2.15 bits per heavy atom. The lowest BCUT2D eigenvalue weighted by Gasteiger charge is -2.22. The first-order chi connectivity index (χ1) is 9.31. The van der Waals surface area contributed by atoms with Gasteiger partial charge >= 0.3 is 5.69 Å². The van der Waals surface area contributed by atoms with Crippen LogP contribution >= 0.6 is 0 Å². The summed E-state index contributed by atoms with van der Waals surface area (Å²) in [4.78, 5) is 22.6.